The number of halogens is 4. The lowest BCUT2D eigenvalue weighted by molar-refractivity contribution is 0.0697. The lowest BCUT2D eigenvalue weighted by Gasteiger charge is -2.35. The van der Waals surface area contributed by atoms with Crippen molar-refractivity contribution in [1.82, 2.24) is 10.3 Å². The van der Waals surface area contributed by atoms with Crippen molar-refractivity contribution in [2.24, 2.45) is 11.8 Å². The van der Waals surface area contributed by atoms with Gasteiger partial charge in [-0.2, -0.15) is 0 Å². The average Bonchev–Trinajstić information content (AvgIpc) is 2.74. The molecule has 0 saturated carbocycles. The van der Waals surface area contributed by atoms with Crippen LogP contribution in [0.15, 0.2) is 36.5 Å². The second kappa shape index (κ2) is 14.5. The number of hydrogen-bond acceptors (Lipinski definition) is 5. The van der Waals surface area contributed by atoms with Gasteiger partial charge in [0.15, 0.2) is 0 Å². The van der Waals surface area contributed by atoms with Crippen molar-refractivity contribution < 1.29 is 14.7 Å². The van der Waals surface area contributed by atoms with Crippen LogP contribution in [-0.2, 0) is 0 Å². The number of carboxylic acid groups (broad SMARTS) is 1. The van der Waals surface area contributed by atoms with Crippen LogP contribution in [0, 0.1) is 11.8 Å². The summed E-state index contributed by atoms with van der Waals surface area (Å²) in [5.41, 5.74) is 0.938. The third-order valence-corrected chi connectivity index (χ3v) is 5.64. The Kier molecular flexibility index (Phi) is 13.7. The summed E-state index contributed by atoms with van der Waals surface area (Å²) in [7, 11) is 0. The van der Waals surface area contributed by atoms with Gasteiger partial charge in [-0.1, -0.05) is 25.4 Å². The number of nitrogens with one attached hydrogen (secondary N) is 3. The van der Waals surface area contributed by atoms with Crippen LogP contribution in [0.4, 0.5) is 11.5 Å². The van der Waals surface area contributed by atoms with Crippen molar-refractivity contribution in [3.8, 4) is 0 Å². The first kappa shape index (κ1) is 31.2. The van der Waals surface area contributed by atoms with Crippen LogP contribution >= 0.6 is 48.8 Å². The Hall–Kier alpha value is -1.77. The highest BCUT2D eigenvalue weighted by Gasteiger charge is 2.27. The lowest BCUT2D eigenvalue weighted by Crippen LogP contribution is -2.41. The Labute approximate surface area is 217 Å². The third-order valence-electron chi connectivity index (χ3n) is 5.41. The van der Waals surface area contributed by atoms with E-state index < -0.39 is 11.9 Å². The Balaban J connectivity index is 0.00000341. The predicted octanol–water partition coefficient (Wildman–Crippen LogP) is 5.39. The number of carboxylic acids is 1. The molecule has 1 aromatic heterocycles. The highest BCUT2D eigenvalue weighted by molar-refractivity contribution is 6.30. The molecule has 33 heavy (non-hydrogen) atoms. The molecule has 7 nitrogen and oxygen atoms in total. The molecular weight excluding hydrogens is 510 g/mol. The van der Waals surface area contributed by atoms with Crippen LogP contribution in [0.3, 0.4) is 0 Å². The highest BCUT2D eigenvalue weighted by Crippen LogP contribution is 2.28. The number of aromatic nitrogens is 1. The normalized spacial score (nSPS) is 14.2. The van der Waals surface area contributed by atoms with E-state index in [1.54, 1.807) is 18.2 Å². The predicted molar refractivity (Wildman–Crippen MR) is 140 cm³/mol. The molecule has 0 aliphatic carbocycles. The molecule has 2 heterocycles. The molecule has 3 rings (SSSR count). The molecular formula is C22H30Cl4N4O3. The minimum absolute atomic E-state index is 0. The van der Waals surface area contributed by atoms with Gasteiger partial charge in [0.1, 0.15) is 5.82 Å². The van der Waals surface area contributed by atoms with Crippen LogP contribution in [0.5, 0.6) is 0 Å². The lowest BCUT2D eigenvalue weighted by atomic mass is 9.83. The van der Waals surface area contributed by atoms with E-state index in [4.69, 9.17) is 11.6 Å². The number of carbonyl (C=O) groups excluding carboxylic acids is 1. The van der Waals surface area contributed by atoms with Gasteiger partial charge in [0.25, 0.3) is 5.91 Å². The first-order valence-electron chi connectivity index (χ1n) is 10.1. The topological polar surface area (TPSA) is 103 Å². The number of piperidine rings is 1. The summed E-state index contributed by atoms with van der Waals surface area (Å²) in [4.78, 5) is 28.6. The van der Waals surface area contributed by atoms with Gasteiger partial charge < -0.3 is 21.1 Å². The molecule has 1 fully saturated rings. The van der Waals surface area contributed by atoms with E-state index in [0.717, 1.165) is 25.9 Å². The molecule has 1 aromatic carbocycles. The number of rotatable bonds is 7. The third kappa shape index (κ3) is 8.50. The van der Waals surface area contributed by atoms with Crippen LogP contribution in [-0.4, -0.2) is 41.1 Å². The van der Waals surface area contributed by atoms with E-state index in [9.17, 15) is 14.7 Å². The molecule has 11 heteroatoms. The maximum absolute atomic E-state index is 13.0. The summed E-state index contributed by atoms with van der Waals surface area (Å²) in [5, 5.41) is 19.5. The molecule has 1 amide bonds. The molecule has 1 aliphatic heterocycles. The highest BCUT2D eigenvalue weighted by atomic mass is 35.5. The quantitative estimate of drug-likeness (QED) is 0.376. The van der Waals surface area contributed by atoms with E-state index in [1.165, 1.54) is 18.3 Å². The van der Waals surface area contributed by atoms with Crippen molar-refractivity contribution in [1.29, 1.82) is 0 Å². The zero-order valence-corrected chi connectivity index (χ0v) is 21.5. The summed E-state index contributed by atoms with van der Waals surface area (Å²) in [6.45, 7) is 6.26. The van der Waals surface area contributed by atoms with Crippen LogP contribution < -0.4 is 16.0 Å². The van der Waals surface area contributed by atoms with Crippen molar-refractivity contribution in [3.63, 3.8) is 0 Å². The fraction of sp³-hybridized carbons (Fsp3) is 0.409. The first-order chi connectivity index (χ1) is 14.3. The standard InChI is InChI=1S/C22H27ClN4O3.3ClH/c1-13(2)20(14-7-9-24-10-8-14)26-18-5-3-15(22(29)30)11-17(18)21(28)27-19-6-4-16(23)12-25-19;;;/h3-6,11-14,20,24,26H,7-10H2,1-2H3,(H,29,30)(H,25,27,28);3*1H. The van der Waals surface area contributed by atoms with E-state index in [1.807, 2.05) is 0 Å². The summed E-state index contributed by atoms with van der Waals surface area (Å²) in [6.07, 6.45) is 3.55. The SMILES string of the molecule is CC(C)C(Nc1ccc(C(=O)O)cc1C(=O)Nc1ccc(Cl)cn1)C1CCNCC1.Cl.Cl.Cl. The van der Waals surface area contributed by atoms with Crippen molar-refractivity contribution >= 4 is 72.2 Å². The second-order valence-electron chi connectivity index (χ2n) is 7.88. The van der Waals surface area contributed by atoms with Gasteiger partial charge in [0.05, 0.1) is 16.1 Å². The molecule has 1 saturated heterocycles. The summed E-state index contributed by atoms with van der Waals surface area (Å²) in [6, 6.07) is 7.98. The average molecular weight is 540 g/mol. The smallest absolute Gasteiger partial charge is 0.335 e. The molecule has 1 aliphatic rings. The fourth-order valence-corrected chi connectivity index (χ4v) is 3.95. The molecule has 0 bridgehead atoms. The van der Waals surface area contributed by atoms with E-state index >= 15 is 0 Å². The van der Waals surface area contributed by atoms with Gasteiger partial charge in [-0.25, -0.2) is 9.78 Å². The zero-order chi connectivity index (χ0) is 21.7. The molecule has 184 valence electrons. The number of hydrogen-bond donors (Lipinski definition) is 4. The van der Waals surface area contributed by atoms with E-state index in [0.29, 0.717) is 28.4 Å². The summed E-state index contributed by atoms with van der Waals surface area (Å²) >= 11 is 5.85. The Morgan fingerprint density at radius 2 is 1.79 bits per heavy atom. The second-order valence-corrected chi connectivity index (χ2v) is 8.32. The number of amides is 1. The van der Waals surface area contributed by atoms with Gasteiger partial charge in [-0.3, -0.25) is 4.79 Å². The van der Waals surface area contributed by atoms with Gasteiger partial charge in [0, 0.05) is 17.9 Å². The van der Waals surface area contributed by atoms with Gasteiger partial charge >= 0.3 is 5.97 Å². The minimum Gasteiger partial charge on any atom is -0.478 e. The molecule has 1 unspecified atom stereocenters. The number of nitrogens with zero attached hydrogens (tertiary/aromatic N) is 1. The largest absolute Gasteiger partial charge is 0.478 e. The van der Waals surface area contributed by atoms with Crippen LogP contribution in [0.1, 0.15) is 47.4 Å². The molecule has 0 radical (unpaired) electrons. The molecule has 2 aromatic rings. The zero-order valence-electron chi connectivity index (χ0n) is 18.3. The monoisotopic (exact) mass is 538 g/mol. The first-order valence-corrected chi connectivity index (χ1v) is 10.5. The van der Waals surface area contributed by atoms with Crippen LogP contribution in [0.2, 0.25) is 5.02 Å². The van der Waals surface area contributed by atoms with Crippen LogP contribution in [0.25, 0.3) is 0 Å². The summed E-state index contributed by atoms with van der Waals surface area (Å²) < 4.78 is 0. The summed E-state index contributed by atoms with van der Waals surface area (Å²) in [5.74, 6) is -0.350. The van der Waals surface area contributed by atoms with E-state index in [-0.39, 0.29) is 54.4 Å². The maximum Gasteiger partial charge on any atom is 0.335 e. The number of benzene rings is 1. The molecule has 1 atom stereocenters. The number of pyridine rings is 1. The Morgan fingerprint density at radius 3 is 2.33 bits per heavy atom. The van der Waals surface area contributed by atoms with Gasteiger partial charge in [-0.15, -0.1) is 37.2 Å². The maximum atomic E-state index is 13.0. The Bertz CT molecular complexity index is 907. The van der Waals surface area contributed by atoms with Crippen molar-refractivity contribution in [3.05, 3.63) is 52.7 Å². The minimum atomic E-state index is -1.08. The van der Waals surface area contributed by atoms with E-state index in [2.05, 4.69) is 34.8 Å². The number of aromatic carboxylic acids is 1. The van der Waals surface area contributed by atoms with Gasteiger partial charge in [-0.05, 0) is 68.1 Å². The van der Waals surface area contributed by atoms with Gasteiger partial charge in [0.2, 0.25) is 0 Å². The fourth-order valence-electron chi connectivity index (χ4n) is 3.84. The van der Waals surface area contributed by atoms with Crippen molar-refractivity contribution in [2.45, 2.75) is 32.7 Å². The molecule has 4 N–H and O–H groups in total. The Morgan fingerprint density at radius 1 is 1.12 bits per heavy atom. The number of anilines is 2. The molecule has 0 spiro atoms. The van der Waals surface area contributed by atoms with Crippen molar-refractivity contribution in [2.75, 3.05) is 23.7 Å². The number of carbonyl (C=O) groups is 2.